The van der Waals surface area contributed by atoms with Crippen LogP contribution in [0.25, 0.3) is 0 Å². The second kappa shape index (κ2) is 9.75. The van der Waals surface area contributed by atoms with Crippen molar-refractivity contribution in [2.45, 2.75) is 52.7 Å². The third-order valence-electron chi connectivity index (χ3n) is 4.85. The van der Waals surface area contributed by atoms with Crippen molar-refractivity contribution in [3.05, 3.63) is 12.2 Å². The fraction of sp³-hybridized carbons (Fsp3) is 0.789. The van der Waals surface area contributed by atoms with Gasteiger partial charge in [0.1, 0.15) is 17.8 Å². The number of carbonyl (C=O) groups excluding carboxylic acids is 1. The Hall–Kier alpha value is -2.32. The van der Waals surface area contributed by atoms with Crippen LogP contribution in [0.5, 0.6) is 0 Å². The van der Waals surface area contributed by atoms with Crippen LogP contribution in [0, 0.1) is 5.92 Å². The van der Waals surface area contributed by atoms with Crippen LogP contribution in [0.2, 0.25) is 0 Å². The average molecular weight is 394 g/mol. The summed E-state index contributed by atoms with van der Waals surface area (Å²) in [5, 5.41) is 7.45. The van der Waals surface area contributed by atoms with Gasteiger partial charge in [-0.25, -0.2) is 9.78 Å². The Balaban J connectivity index is 1.82. The minimum absolute atomic E-state index is 0.224. The number of hydrogen-bond acceptors (Lipinski definition) is 5. The highest BCUT2D eigenvalue weighted by atomic mass is 16.6. The van der Waals surface area contributed by atoms with E-state index in [-0.39, 0.29) is 6.09 Å². The maximum atomic E-state index is 12.4. The van der Waals surface area contributed by atoms with Crippen molar-refractivity contribution in [1.29, 1.82) is 0 Å². The number of nitrogens with one attached hydrogen (secondary N) is 1. The quantitative estimate of drug-likeness (QED) is 0.607. The van der Waals surface area contributed by atoms with E-state index in [0.717, 1.165) is 44.3 Å². The van der Waals surface area contributed by atoms with Crippen molar-refractivity contribution < 1.29 is 9.53 Å². The van der Waals surface area contributed by atoms with Crippen LogP contribution in [0.15, 0.2) is 11.3 Å². The molecule has 0 saturated carbocycles. The molecular weight excluding hydrogens is 358 g/mol. The van der Waals surface area contributed by atoms with Crippen molar-refractivity contribution in [3.63, 3.8) is 0 Å². The minimum Gasteiger partial charge on any atom is -0.444 e. The zero-order valence-corrected chi connectivity index (χ0v) is 18.1. The molecule has 1 aliphatic rings. The molecule has 0 bridgehead atoms. The second-order valence-corrected chi connectivity index (χ2v) is 8.15. The van der Waals surface area contributed by atoms with E-state index in [9.17, 15) is 4.79 Å². The highest BCUT2D eigenvalue weighted by Crippen LogP contribution is 2.20. The van der Waals surface area contributed by atoms with Crippen molar-refractivity contribution in [3.8, 4) is 0 Å². The smallest absolute Gasteiger partial charge is 0.410 e. The SMILES string of the molecule is CCN(CC1CCN(C(=NC)NCc2ncnn2C)CC1)C(=O)OC(C)(C)C. The fourth-order valence-corrected chi connectivity index (χ4v) is 3.27. The van der Waals surface area contributed by atoms with E-state index in [0.29, 0.717) is 19.0 Å². The molecule has 0 spiro atoms. The first-order chi connectivity index (χ1) is 13.2. The van der Waals surface area contributed by atoms with E-state index < -0.39 is 5.60 Å². The summed E-state index contributed by atoms with van der Waals surface area (Å²) in [4.78, 5) is 25.1. The lowest BCUT2D eigenvalue weighted by molar-refractivity contribution is 0.0214. The summed E-state index contributed by atoms with van der Waals surface area (Å²) < 4.78 is 7.27. The Morgan fingerprint density at radius 3 is 2.57 bits per heavy atom. The van der Waals surface area contributed by atoms with E-state index in [2.05, 4.69) is 25.3 Å². The van der Waals surface area contributed by atoms with Crippen LogP contribution in [-0.4, -0.2) is 75.4 Å². The number of guanidine groups is 1. The number of ether oxygens (including phenoxy) is 1. The summed E-state index contributed by atoms with van der Waals surface area (Å²) in [5.74, 6) is 2.22. The molecule has 158 valence electrons. The van der Waals surface area contributed by atoms with Gasteiger partial charge in [0.05, 0.1) is 6.54 Å². The summed E-state index contributed by atoms with van der Waals surface area (Å²) in [5.41, 5.74) is -0.464. The van der Waals surface area contributed by atoms with Crippen molar-refractivity contribution in [2.75, 3.05) is 33.2 Å². The zero-order chi connectivity index (χ0) is 20.7. The van der Waals surface area contributed by atoms with Gasteiger partial charge in [0.25, 0.3) is 0 Å². The van der Waals surface area contributed by atoms with E-state index in [1.54, 1.807) is 18.1 Å². The Bertz CT molecular complexity index is 657. The lowest BCUT2D eigenvalue weighted by Crippen LogP contribution is -2.47. The van der Waals surface area contributed by atoms with Gasteiger partial charge in [0.2, 0.25) is 0 Å². The van der Waals surface area contributed by atoms with Gasteiger partial charge in [-0.1, -0.05) is 0 Å². The van der Waals surface area contributed by atoms with Crippen LogP contribution >= 0.6 is 0 Å². The van der Waals surface area contributed by atoms with Gasteiger partial charge in [0.15, 0.2) is 5.96 Å². The number of aromatic nitrogens is 3. The summed E-state index contributed by atoms with van der Waals surface area (Å²) in [7, 11) is 3.68. The highest BCUT2D eigenvalue weighted by Gasteiger charge is 2.27. The Labute approximate surface area is 168 Å². The predicted molar refractivity (Wildman–Crippen MR) is 109 cm³/mol. The topological polar surface area (TPSA) is 87.9 Å². The number of amides is 1. The molecule has 1 saturated heterocycles. The molecule has 0 unspecified atom stereocenters. The molecule has 9 nitrogen and oxygen atoms in total. The lowest BCUT2D eigenvalue weighted by atomic mass is 9.96. The van der Waals surface area contributed by atoms with Gasteiger partial charge < -0.3 is 19.9 Å². The molecule has 1 aromatic heterocycles. The van der Waals surface area contributed by atoms with E-state index in [1.807, 2.05) is 39.6 Å². The van der Waals surface area contributed by atoms with Gasteiger partial charge in [-0.15, -0.1) is 0 Å². The number of rotatable bonds is 5. The predicted octanol–water partition coefficient (Wildman–Crippen LogP) is 1.86. The molecule has 0 atom stereocenters. The summed E-state index contributed by atoms with van der Waals surface area (Å²) in [6.07, 6.45) is 3.36. The van der Waals surface area contributed by atoms with Crippen LogP contribution in [0.1, 0.15) is 46.4 Å². The standard InChI is InChI=1S/C19H35N7O2/c1-7-25(18(27)28-19(2,3)4)13-15-8-10-26(11-9-15)17(20-5)21-12-16-22-14-23-24(16)6/h14-15H,7-13H2,1-6H3,(H,20,21). The molecule has 0 aliphatic carbocycles. The van der Waals surface area contributed by atoms with Crippen LogP contribution < -0.4 is 5.32 Å². The molecule has 1 N–H and O–H groups in total. The maximum absolute atomic E-state index is 12.4. The summed E-state index contributed by atoms with van der Waals surface area (Å²) in [6, 6.07) is 0. The van der Waals surface area contributed by atoms with Gasteiger partial charge in [0, 0.05) is 40.3 Å². The molecule has 9 heteroatoms. The molecular formula is C19H35N7O2. The van der Waals surface area contributed by atoms with Gasteiger partial charge in [-0.2, -0.15) is 5.10 Å². The molecule has 1 aromatic rings. The molecule has 1 fully saturated rings. The largest absolute Gasteiger partial charge is 0.444 e. The molecule has 1 amide bonds. The molecule has 28 heavy (non-hydrogen) atoms. The minimum atomic E-state index is -0.464. The van der Waals surface area contributed by atoms with Crippen LogP contribution in [-0.2, 0) is 18.3 Å². The van der Waals surface area contributed by atoms with Gasteiger partial charge >= 0.3 is 6.09 Å². The van der Waals surface area contributed by atoms with Crippen LogP contribution in [0.3, 0.4) is 0 Å². The molecule has 1 aliphatic heterocycles. The van der Waals surface area contributed by atoms with Crippen molar-refractivity contribution in [1.82, 2.24) is 29.9 Å². The fourth-order valence-electron chi connectivity index (χ4n) is 3.27. The third kappa shape index (κ3) is 6.38. The molecule has 0 radical (unpaired) electrons. The number of aryl methyl sites for hydroxylation is 1. The maximum Gasteiger partial charge on any atom is 0.410 e. The second-order valence-electron chi connectivity index (χ2n) is 8.15. The Morgan fingerprint density at radius 1 is 1.39 bits per heavy atom. The number of likely N-dealkylation sites (tertiary alicyclic amines) is 1. The Kier molecular flexibility index (Phi) is 7.65. The first kappa shape index (κ1) is 22.0. The normalized spacial score (nSPS) is 16.2. The number of carbonyl (C=O) groups is 1. The average Bonchev–Trinajstić information content (AvgIpc) is 3.04. The third-order valence-corrected chi connectivity index (χ3v) is 4.85. The van der Waals surface area contributed by atoms with Gasteiger partial charge in [-0.05, 0) is 46.5 Å². The van der Waals surface area contributed by atoms with E-state index >= 15 is 0 Å². The molecule has 2 heterocycles. The van der Waals surface area contributed by atoms with Crippen molar-refractivity contribution >= 4 is 12.1 Å². The zero-order valence-electron chi connectivity index (χ0n) is 18.1. The van der Waals surface area contributed by atoms with Crippen LogP contribution in [0.4, 0.5) is 4.79 Å². The highest BCUT2D eigenvalue weighted by molar-refractivity contribution is 5.79. The number of aliphatic imine (C=N–C) groups is 1. The van der Waals surface area contributed by atoms with Gasteiger partial charge in [-0.3, -0.25) is 9.67 Å². The Morgan fingerprint density at radius 2 is 2.07 bits per heavy atom. The number of piperidine rings is 1. The summed E-state index contributed by atoms with van der Waals surface area (Å²) >= 11 is 0. The molecule has 0 aromatic carbocycles. The van der Waals surface area contributed by atoms with Crippen molar-refractivity contribution in [2.24, 2.45) is 18.0 Å². The first-order valence-corrected chi connectivity index (χ1v) is 10.00. The molecule has 2 rings (SSSR count). The van der Waals surface area contributed by atoms with E-state index in [4.69, 9.17) is 4.74 Å². The lowest BCUT2D eigenvalue weighted by Gasteiger charge is -2.36. The number of nitrogens with zero attached hydrogens (tertiary/aromatic N) is 6. The monoisotopic (exact) mass is 393 g/mol. The first-order valence-electron chi connectivity index (χ1n) is 10.00. The summed E-state index contributed by atoms with van der Waals surface area (Å²) in [6.45, 7) is 11.5. The number of hydrogen-bond donors (Lipinski definition) is 1. The van der Waals surface area contributed by atoms with E-state index in [1.165, 1.54) is 0 Å².